The molecule has 24 heavy (non-hydrogen) atoms. The number of aliphatic imine (C=N–C) groups is 1. The predicted molar refractivity (Wildman–Crippen MR) is 85.1 cm³/mol. The van der Waals surface area contributed by atoms with Crippen LogP contribution in [0.15, 0.2) is 35.2 Å². The molecule has 0 aliphatic carbocycles. The average Bonchev–Trinajstić information content (AvgIpc) is 2.90. The second-order valence-electron chi connectivity index (χ2n) is 5.60. The van der Waals surface area contributed by atoms with Crippen LogP contribution < -0.4 is 56.5 Å². The second kappa shape index (κ2) is 7.47. The molecule has 1 unspecified atom stereocenters. The number of hydrogen-bond acceptors (Lipinski definition) is 5. The van der Waals surface area contributed by atoms with Gasteiger partial charge in [0, 0.05) is 13.9 Å². The molecule has 0 radical (unpaired) electrons. The fourth-order valence-electron chi connectivity index (χ4n) is 2.69. The standard InChI is InChI=1S/C16H18N2O4S.K/c1-16(2)12(15(21)22)18-13(20)11(14(18)23-16)17-10(19)8-9-6-4-3-5-7-9;/h3-7,11-12,14H,8H2,1-2H3,(H,17,19)(H,21,22);/q;+1/p-1/t11?,12-,14+;/m0./s1/i3D,4D,5D,6D,7D,8D2;. The van der Waals surface area contributed by atoms with Crippen LogP contribution in [0.4, 0.5) is 0 Å². The first kappa shape index (κ1) is 12.1. The molecule has 2 heterocycles. The molecule has 0 bridgehead atoms. The fourth-order valence-corrected chi connectivity index (χ4v) is 4.30. The van der Waals surface area contributed by atoms with E-state index >= 15 is 0 Å². The van der Waals surface area contributed by atoms with Crippen LogP contribution in [-0.4, -0.2) is 50.0 Å². The van der Waals surface area contributed by atoms with Gasteiger partial charge in [-0.1, -0.05) is 30.2 Å². The van der Waals surface area contributed by atoms with Crippen LogP contribution in [0.3, 0.4) is 0 Å². The molecule has 8 heteroatoms. The van der Waals surface area contributed by atoms with E-state index in [0.717, 1.165) is 16.7 Å². The number of hydrogen-bond donors (Lipinski definition) is 1. The minimum atomic E-state index is -3.08. The maximum atomic E-state index is 12.6. The van der Waals surface area contributed by atoms with E-state index in [4.69, 9.17) is 9.60 Å². The van der Waals surface area contributed by atoms with Gasteiger partial charge in [0.25, 0.3) is 5.91 Å². The molecule has 0 spiro atoms. The van der Waals surface area contributed by atoms with Gasteiger partial charge in [-0.05, 0) is 25.3 Å². The number of benzene rings is 1. The SMILES string of the molecule is [2H]c1c([2H])c([2H])c(C([2H])([2H])C([O-])=NC2C(=O)N3[C@@H]2SC(C)(C)[C@@H]3C(=O)O)c([2H])c1[2H].[K+]. The average molecular weight is 380 g/mol. The van der Waals surface area contributed by atoms with Crippen LogP contribution in [0.2, 0.25) is 0 Å². The quantitative estimate of drug-likeness (QED) is 0.270. The van der Waals surface area contributed by atoms with Crippen LogP contribution in [0.25, 0.3) is 0 Å². The van der Waals surface area contributed by atoms with Crippen molar-refractivity contribution in [2.24, 2.45) is 4.99 Å². The van der Waals surface area contributed by atoms with Crippen molar-refractivity contribution in [3.63, 3.8) is 0 Å². The Hall–Kier alpha value is -0.384. The van der Waals surface area contributed by atoms with Crippen LogP contribution in [-0.2, 0) is 16.0 Å². The topological polar surface area (TPSA) is 93.0 Å². The van der Waals surface area contributed by atoms with Crippen molar-refractivity contribution >= 4 is 29.5 Å². The van der Waals surface area contributed by atoms with Crippen molar-refractivity contribution in [2.75, 3.05) is 0 Å². The van der Waals surface area contributed by atoms with Gasteiger partial charge in [0.15, 0.2) is 6.04 Å². The fraction of sp³-hybridized carbons (Fsp3) is 0.438. The maximum absolute atomic E-state index is 12.6. The molecule has 1 aromatic rings. The van der Waals surface area contributed by atoms with Crippen molar-refractivity contribution < 1.29 is 80.8 Å². The number of nitrogens with zero attached hydrogens (tertiary/aromatic N) is 2. The van der Waals surface area contributed by atoms with E-state index in [1.807, 2.05) is 0 Å². The Bertz CT molecular complexity index is 978. The number of carboxylic acids is 1. The van der Waals surface area contributed by atoms with Crippen LogP contribution >= 0.6 is 11.8 Å². The van der Waals surface area contributed by atoms with Crippen molar-refractivity contribution in [1.82, 2.24) is 4.90 Å². The van der Waals surface area contributed by atoms with Crippen molar-refractivity contribution in [2.45, 2.75) is 42.4 Å². The number of β-lactam (4-membered cyclic amide) rings is 1. The Balaban J connectivity index is 0.00000341. The molecule has 1 N–H and O–H groups in total. The zero-order valence-electron chi connectivity index (χ0n) is 20.2. The van der Waals surface area contributed by atoms with Gasteiger partial charge in [-0.3, -0.25) is 9.79 Å². The minimum absolute atomic E-state index is 0. The normalized spacial score (nSPS) is 32.7. The van der Waals surface area contributed by atoms with E-state index in [9.17, 15) is 19.8 Å². The largest absolute Gasteiger partial charge is 1.00 e. The summed E-state index contributed by atoms with van der Waals surface area (Å²) in [5.74, 6) is -3.42. The summed E-state index contributed by atoms with van der Waals surface area (Å²) in [5, 5.41) is 21.3. The van der Waals surface area contributed by atoms with Crippen LogP contribution in [0.5, 0.6) is 0 Å². The van der Waals surface area contributed by atoms with Gasteiger partial charge in [0.1, 0.15) is 11.4 Å². The van der Waals surface area contributed by atoms with E-state index in [0.29, 0.717) is 0 Å². The number of carboxylic acid groups (broad SMARTS) is 1. The number of rotatable bonds is 4. The van der Waals surface area contributed by atoms with Crippen molar-refractivity contribution in [1.29, 1.82) is 0 Å². The molecule has 122 valence electrons. The summed E-state index contributed by atoms with van der Waals surface area (Å²) in [7, 11) is 0. The smallest absolute Gasteiger partial charge is 0.862 e. The van der Waals surface area contributed by atoms with E-state index in [2.05, 4.69) is 4.99 Å². The van der Waals surface area contributed by atoms with E-state index in [-0.39, 0.29) is 51.4 Å². The summed E-state index contributed by atoms with van der Waals surface area (Å²) >= 11 is 1.12. The summed E-state index contributed by atoms with van der Waals surface area (Å²) in [4.78, 5) is 28.7. The van der Waals surface area contributed by atoms with E-state index in [1.54, 1.807) is 13.8 Å². The van der Waals surface area contributed by atoms with Gasteiger partial charge in [0.05, 0.1) is 6.85 Å². The Kier molecular flexibility index (Phi) is 3.76. The molecule has 2 aliphatic rings. The Morgan fingerprint density at radius 3 is 2.71 bits per heavy atom. The van der Waals surface area contributed by atoms with Crippen LogP contribution in [0.1, 0.15) is 29.0 Å². The number of aliphatic carboxylic acids is 1. The minimum Gasteiger partial charge on any atom is -0.862 e. The monoisotopic (exact) mass is 379 g/mol. The Morgan fingerprint density at radius 2 is 2.12 bits per heavy atom. The summed E-state index contributed by atoms with van der Waals surface area (Å²) in [6, 6.07) is -6.53. The summed E-state index contributed by atoms with van der Waals surface area (Å²) < 4.78 is 53.9. The summed E-state index contributed by atoms with van der Waals surface area (Å²) in [5.41, 5.74) is -0.867. The van der Waals surface area contributed by atoms with Gasteiger partial charge in [-0.25, -0.2) is 4.79 Å². The van der Waals surface area contributed by atoms with E-state index < -0.39 is 82.1 Å². The molecular weight excluding hydrogens is 355 g/mol. The number of carbonyl (C=O) groups excluding carboxylic acids is 1. The van der Waals surface area contributed by atoms with Crippen LogP contribution in [0, 0.1) is 0 Å². The van der Waals surface area contributed by atoms with E-state index in [1.165, 1.54) is 0 Å². The van der Waals surface area contributed by atoms with Gasteiger partial charge >= 0.3 is 57.4 Å². The van der Waals surface area contributed by atoms with Gasteiger partial charge in [-0.15, -0.1) is 11.8 Å². The molecule has 3 atom stereocenters. The van der Waals surface area contributed by atoms with Crippen molar-refractivity contribution in [3.05, 3.63) is 35.8 Å². The molecule has 2 aliphatic heterocycles. The predicted octanol–water partition coefficient (Wildman–Crippen LogP) is -2.49. The molecule has 0 aromatic heterocycles. The summed E-state index contributed by atoms with van der Waals surface area (Å²) in [6.07, 6.45) is -3.08. The third kappa shape index (κ3) is 3.59. The molecule has 3 rings (SSSR count). The number of fused-ring (bicyclic) bond motifs is 1. The number of thioether (sulfide) groups is 1. The van der Waals surface area contributed by atoms with Gasteiger partial charge < -0.3 is 15.1 Å². The molecule has 0 saturated carbocycles. The molecule has 2 fully saturated rings. The Morgan fingerprint density at radius 1 is 1.50 bits per heavy atom. The molecule has 1 aromatic carbocycles. The zero-order chi connectivity index (χ0) is 22.9. The molecule has 1 amide bonds. The first-order valence-electron chi connectivity index (χ1n) is 10.2. The maximum Gasteiger partial charge on any atom is 1.00 e. The zero-order valence-corrected chi connectivity index (χ0v) is 17.1. The third-order valence-corrected chi connectivity index (χ3v) is 5.19. The van der Waals surface area contributed by atoms with Gasteiger partial charge in [-0.2, -0.15) is 0 Å². The molecular formula is C16H17KN2O4S. The molecule has 6 nitrogen and oxygen atoms in total. The number of amides is 1. The molecule has 2 saturated heterocycles. The first-order valence-corrected chi connectivity index (χ1v) is 7.58. The second-order valence-corrected chi connectivity index (χ2v) is 7.37. The Labute approximate surface area is 197 Å². The first-order chi connectivity index (χ1) is 13.6. The van der Waals surface area contributed by atoms with Gasteiger partial charge in [0.2, 0.25) is 0 Å². The number of carbonyl (C=O) groups is 2. The van der Waals surface area contributed by atoms with Crippen molar-refractivity contribution in [3.8, 4) is 0 Å². The summed E-state index contributed by atoms with van der Waals surface area (Å²) in [6.45, 7) is 3.26. The third-order valence-electron chi connectivity index (χ3n) is 3.64.